The van der Waals surface area contributed by atoms with Crippen molar-refractivity contribution in [2.45, 2.75) is 24.8 Å². The number of rotatable bonds is 8. The first-order chi connectivity index (χ1) is 8.63. The number of hydrogen-bond donors (Lipinski definition) is 2. The third-order valence-corrected chi connectivity index (χ3v) is 3.19. The molecule has 102 valence electrons. The van der Waals surface area contributed by atoms with Crippen molar-refractivity contribution in [3.63, 3.8) is 0 Å². The normalized spacial score (nSPS) is 12.7. The van der Waals surface area contributed by atoms with Crippen molar-refractivity contribution >= 4 is 17.4 Å². The van der Waals surface area contributed by atoms with Crippen molar-refractivity contribution in [2.24, 2.45) is 5.92 Å². The molecule has 0 radical (unpaired) electrons. The first kappa shape index (κ1) is 15.3. The van der Waals surface area contributed by atoms with Gasteiger partial charge < -0.3 is 15.2 Å². The van der Waals surface area contributed by atoms with Crippen LogP contribution in [-0.2, 0) is 4.74 Å². The van der Waals surface area contributed by atoms with Crippen molar-refractivity contribution in [1.82, 2.24) is 0 Å². The van der Waals surface area contributed by atoms with Crippen LogP contribution in [0.25, 0.3) is 0 Å². The predicted octanol–water partition coefficient (Wildman–Crippen LogP) is 2.85. The van der Waals surface area contributed by atoms with Crippen LogP contribution in [0.15, 0.2) is 29.2 Å². The highest BCUT2D eigenvalue weighted by molar-refractivity contribution is 7.98. The van der Waals surface area contributed by atoms with Crippen molar-refractivity contribution in [2.75, 3.05) is 31.3 Å². The van der Waals surface area contributed by atoms with Crippen molar-refractivity contribution in [3.8, 4) is 0 Å². The molecule has 0 heterocycles. The first-order valence-electron chi connectivity index (χ1n) is 6.26. The second-order valence-corrected chi connectivity index (χ2v) is 5.51. The second-order valence-electron chi connectivity index (χ2n) is 4.67. The molecule has 1 aromatic rings. The van der Waals surface area contributed by atoms with Gasteiger partial charge in [-0.3, -0.25) is 0 Å². The van der Waals surface area contributed by atoms with Crippen LogP contribution >= 0.6 is 11.8 Å². The van der Waals surface area contributed by atoms with E-state index < -0.39 is 6.10 Å². The number of hydrogen-bond acceptors (Lipinski definition) is 4. The molecule has 1 unspecified atom stereocenters. The molecule has 0 saturated heterocycles. The van der Waals surface area contributed by atoms with Gasteiger partial charge in [0.1, 0.15) is 0 Å². The summed E-state index contributed by atoms with van der Waals surface area (Å²) in [6, 6.07) is 8.09. The predicted molar refractivity (Wildman–Crippen MR) is 78.4 cm³/mol. The molecular formula is C14H23NO2S. The van der Waals surface area contributed by atoms with E-state index in [0.717, 1.165) is 5.69 Å². The van der Waals surface area contributed by atoms with Crippen molar-refractivity contribution in [3.05, 3.63) is 24.3 Å². The summed E-state index contributed by atoms with van der Waals surface area (Å²) in [7, 11) is 0. The minimum atomic E-state index is -0.473. The molecule has 0 saturated carbocycles. The average Bonchev–Trinajstić information content (AvgIpc) is 2.36. The molecule has 18 heavy (non-hydrogen) atoms. The molecule has 1 atom stereocenters. The maximum Gasteiger partial charge on any atom is 0.0945 e. The average molecular weight is 269 g/mol. The van der Waals surface area contributed by atoms with E-state index in [2.05, 4.69) is 25.2 Å². The third kappa shape index (κ3) is 5.76. The Hall–Kier alpha value is -0.710. The number of aliphatic hydroxyl groups excluding tert-OH is 1. The number of ether oxygens (including phenoxy) is 1. The van der Waals surface area contributed by atoms with Gasteiger partial charge in [-0.1, -0.05) is 26.0 Å². The summed E-state index contributed by atoms with van der Waals surface area (Å²) in [6.07, 6.45) is 1.57. The maximum absolute atomic E-state index is 9.79. The summed E-state index contributed by atoms with van der Waals surface area (Å²) in [5.74, 6) is 0.502. The fraction of sp³-hybridized carbons (Fsp3) is 0.571. The molecule has 0 spiro atoms. The Morgan fingerprint density at radius 1 is 1.28 bits per heavy atom. The molecule has 0 aliphatic carbocycles. The lowest BCUT2D eigenvalue weighted by Gasteiger charge is -2.15. The Morgan fingerprint density at radius 2 is 2.00 bits per heavy atom. The lowest BCUT2D eigenvalue weighted by molar-refractivity contribution is 0.0317. The zero-order valence-electron chi connectivity index (χ0n) is 11.3. The van der Waals surface area contributed by atoms with Crippen LogP contribution in [0, 0.1) is 5.92 Å². The van der Waals surface area contributed by atoms with Gasteiger partial charge in [0.05, 0.1) is 12.7 Å². The lowest BCUT2D eigenvalue weighted by atomic mass is 10.2. The van der Waals surface area contributed by atoms with E-state index in [1.54, 1.807) is 11.8 Å². The van der Waals surface area contributed by atoms with Gasteiger partial charge in [-0.2, -0.15) is 0 Å². The minimum absolute atomic E-state index is 0.382. The van der Waals surface area contributed by atoms with Gasteiger partial charge in [-0.05, 0) is 24.3 Å². The van der Waals surface area contributed by atoms with Crippen molar-refractivity contribution < 1.29 is 9.84 Å². The van der Waals surface area contributed by atoms with Gasteiger partial charge in [-0.25, -0.2) is 0 Å². The fourth-order valence-corrected chi connectivity index (χ4v) is 2.09. The Morgan fingerprint density at radius 3 is 2.67 bits per heavy atom. The summed E-state index contributed by atoms with van der Waals surface area (Å²) >= 11 is 1.69. The van der Waals surface area contributed by atoms with Gasteiger partial charge in [-0.15, -0.1) is 11.8 Å². The topological polar surface area (TPSA) is 41.5 Å². The Kier molecular flexibility index (Phi) is 7.16. The monoisotopic (exact) mass is 269 g/mol. The van der Waals surface area contributed by atoms with Gasteiger partial charge in [0.25, 0.3) is 0 Å². The van der Waals surface area contributed by atoms with Crippen LogP contribution in [0.4, 0.5) is 5.69 Å². The summed E-state index contributed by atoms with van der Waals surface area (Å²) in [6.45, 7) is 5.78. The molecule has 0 aliphatic rings. The van der Waals surface area contributed by atoms with E-state index >= 15 is 0 Å². The molecule has 0 aliphatic heterocycles. The van der Waals surface area contributed by atoms with Crippen molar-refractivity contribution in [1.29, 1.82) is 0 Å². The van der Waals surface area contributed by atoms with Gasteiger partial charge in [0, 0.05) is 23.7 Å². The molecular weight excluding hydrogens is 246 g/mol. The highest BCUT2D eigenvalue weighted by Crippen LogP contribution is 2.24. The molecule has 1 rings (SSSR count). The summed E-state index contributed by atoms with van der Waals surface area (Å²) < 4.78 is 5.41. The van der Waals surface area contributed by atoms with Crippen LogP contribution in [0.2, 0.25) is 0 Å². The summed E-state index contributed by atoms with van der Waals surface area (Å²) in [5, 5.41) is 13.0. The van der Waals surface area contributed by atoms with E-state index in [9.17, 15) is 5.11 Å². The summed E-state index contributed by atoms with van der Waals surface area (Å²) in [4.78, 5) is 1.19. The summed E-state index contributed by atoms with van der Waals surface area (Å²) in [5.41, 5.74) is 1.06. The molecule has 2 N–H and O–H groups in total. The quantitative estimate of drug-likeness (QED) is 0.712. The third-order valence-electron chi connectivity index (χ3n) is 2.40. The van der Waals surface area contributed by atoms with Crippen LogP contribution < -0.4 is 5.32 Å². The Bertz CT molecular complexity index is 344. The largest absolute Gasteiger partial charge is 0.389 e. The number of thioether (sulfide) groups is 1. The van der Waals surface area contributed by atoms with Crippen LogP contribution in [0.3, 0.4) is 0 Å². The van der Waals surface area contributed by atoms with Crippen LogP contribution in [0.1, 0.15) is 13.8 Å². The van der Waals surface area contributed by atoms with E-state index in [1.807, 2.05) is 24.5 Å². The standard InChI is InChI=1S/C14H23NO2S/c1-11(2)9-17-10-12(16)8-15-13-6-4-5-7-14(13)18-3/h4-7,11-12,15-16H,8-10H2,1-3H3. The lowest BCUT2D eigenvalue weighted by Crippen LogP contribution is -2.25. The number of nitrogens with one attached hydrogen (secondary N) is 1. The van der Waals surface area contributed by atoms with Gasteiger partial charge in [0.15, 0.2) is 0 Å². The number of aliphatic hydroxyl groups is 1. The number of para-hydroxylation sites is 1. The molecule has 1 aromatic carbocycles. The molecule has 3 nitrogen and oxygen atoms in total. The second kappa shape index (κ2) is 8.40. The minimum Gasteiger partial charge on any atom is -0.389 e. The maximum atomic E-state index is 9.79. The highest BCUT2D eigenvalue weighted by Gasteiger charge is 2.06. The SMILES string of the molecule is CSc1ccccc1NCC(O)COCC(C)C. The van der Waals surface area contributed by atoms with Gasteiger partial charge >= 0.3 is 0 Å². The van der Waals surface area contributed by atoms with Crippen LogP contribution in [0.5, 0.6) is 0 Å². The number of benzene rings is 1. The molecule has 0 bridgehead atoms. The first-order valence-corrected chi connectivity index (χ1v) is 7.48. The molecule has 4 heteroatoms. The zero-order valence-corrected chi connectivity index (χ0v) is 12.2. The van der Waals surface area contributed by atoms with Gasteiger partial charge in [0.2, 0.25) is 0 Å². The molecule has 0 fully saturated rings. The smallest absolute Gasteiger partial charge is 0.0945 e. The zero-order chi connectivity index (χ0) is 13.4. The Labute approximate surface area is 114 Å². The van der Waals surface area contributed by atoms with E-state index in [4.69, 9.17) is 4.74 Å². The number of anilines is 1. The van der Waals surface area contributed by atoms with E-state index in [0.29, 0.717) is 25.7 Å². The highest BCUT2D eigenvalue weighted by atomic mass is 32.2. The van der Waals surface area contributed by atoms with E-state index in [1.165, 1.54) is 4.90 Å². The Balaban J connectivity index is 2.31. The fourth-order valence-electron chi connectivity index (χ4n) is 1.52. The molecule has 0 aromatic heterocycles. The molecule has 0 amide bonds. The van der Waals surface area contributed by atoms with Crippen LogP contribution in [-0.4, -0.2) is 37.2 Å². The van der Waals surface area contributed by atoms with E-state index in [-0.39, 0.29) is 0 Å².